The Morgan fingerprint density at radius 3 is 2.61 bits per heavy atom. The number of primary sulfonamides is 1. The van der Waals surface area contributed by atoms with Gasteiger partial charge in [-0.05, 0) is 19.4 Å². The summed E-state index contributed by atoms with van der Waals surface area (Å²) >= 11 is 0. The number of hydrogen-bond donors (Lipinski definition) is 1. The molecule has 102 valence electrons. The highest BCUT2D eigenvalue weighted by Gasteiger charge is 2.19. The molecule has 0 amide bonds. The lowest BCUT2D eigenvalue weighted by Gasteiger charge is -2.06. The fraction of sp³-hybridized carbons (Fsp3) is 0.545. The van der Waals surface area contributed by atoms with Crippen molar-refractivity contribution in [1.82, 2.24) is 4.57 Å². The van der Waals surface area contributed by atoms with Gasteiger partial charge in [0.25, 0.3) is 0 Å². The molecule has 0 unspecified atom stereocenters. The number of carbonyl (C=O) groups excluding carboxylic acids is 1. The van der Waals surface area contributed by atoms with Crippen molar-refractivity contribution in [2.24, 2.45) is 5.14 Å². The van der Waals surface area contributed by atoms with Gasteiger partial charge < -0.3 is 9.30 Å². The monoisotopic (exact) mass is 274 g/mol. The second-order valence-corrected chi connectivity index (χ2v) is 5.44. The summed E-state index contributed by atoms with van der Waals surface area (Å²) in [6.07, 6.45) is 3.04. The van der Waals surface area contributed by atoms with Gasteiger partial charge in [-0.2, -0.15) is 0 Å². The minimum atomic E-state index is -3.80. The second kappa shape index (κ2) is 6.01. The third-order valence-electron chi connectivity index (χ3n) is 2.48. The number of unbranched alkanes of at least 4 members (excludes halogenated alkanes) is 1. The van der Waals surface area contributed by atoms with Crippen LogP contribution in [0.3, 0.4) is 0 Å². The molecular formula is C11H18N2O4S. The van der Waals surface area contributed by atoms with Crippen molar-refractivity contribution < 1.29 is 17.9 Å². The van der Waals surface area contributed by atoms with E-state index in [-0.39, 0.29) is 10.6 Å². The standard InChI is InChI=1S/C11H18N2O4S/c1-3-5-6-17-11(14)10-7-9(18(12,15)16)8-13(10)4-2/h7-8H,3-6H2,1-2H3,(H2,12,15,16). The van der Waals surface area contributed by atoms with E-state index < -0.39 is 16.0 Å². The van der Waals surface area contributed by atoms with Crippen molar-refractivity contribution in [1.29, 1.82) is 0 Å². The van der Waals surface area contributed by atoms with Gasteiger partial charge in [-0.25, -0.2) is 18.4 Å². The fourth-order valence-corrected chi connectivity index (χ4v) is 2.00. The van der Waals surface area contributed by atoms with Crippen LogP contribution in [0.2, 0.25) is 0 Å². The van der Waals surface area contributed by atoms with E-state index in [9.17, 15) is 13.2 Å². The van der Waals surface area contributed by atoms with Crippen molar-refractivity contribution in [3.63, 3.8) is 0 Å². The summed E-state index contributed by atoms with van der Waals surface area (Å²) in [5, 5.41) is 5.02. The first kappa shape index (κ1) is 14.7. The topological polar surface area (TPSA) is 91.4 Å². The van der Waals surface area contributed by atoms with Gasteiger partial charge in [-0.3, -0.25) is 0 Å². The second-order valence-electron chi connectivity index (χ2n) is 3.88. The highest BCUT2D eigenvalue weighted by molar-refractivity contribution is 7.89. The largest absolute Gasteiger partial charge is 0.461 e. The number of aryl methyl sites for hydroxylation is 1. The van der Waals surface area contributed by atoms with Gasteiger partial charge in [-0.1, -0.05) is 13.3 Å². The summed E-state index contributed by atoms with van der Waals surface area (Å²) in [6, 6.07) is 1.24. The van der Waals surface area contributed by atoms with Gasteiger partial charge in [-0.15, -0.1) is 0 Å². The molecule has 2 N–H and O–H groups in total. The lowest BCUT2D eigenvalue weighted by molar-refractivity contribution is 0.0487. The Morgan fingerprint density at radius 1 is 1.44 bits per heavy atom. The zero-order valence-corrected chi connectivity index (χ0v) is 11.4. The third-order valence-corrected chi connectivity index (χ3v) is 3.36. The summed E-state index contributed by atoms with van der Waals surface area (Å²) in [5.74, 6) is -0.528. The maximum absolute atomic E-state index is 11.8. The molecular weight excluding hydrogens is 256 g/mol. The Balaban J connectivity index is 2.94. The number of ether oxygens (including phenoxy) is 1. The van der Waals surface area contributed by atoms with Gasteiger partial charge in [0.2, 0.25) is 10.0 Å². The lowest BCUT2D eigenvalue weighted by atomic mass is 10.3. The molecule has 0 fully saturated rings. The number of sulfonamides is 1. The predicted octanol–water partition coefficient (Wildman–Crippen LogP) is 1.11. The summed E-state index contributed by atoms with van der Waals surface area (Å²) in [7, 11) is -3.80. The highest BCUT2D eigenvalue weighted by Crippen LogP contribution is 2.14. The summed E-state index contributed by atoms with van der Waals surface area (Å²) in [5.41, 5.74) is 0.206. The number of rotatable bonds is 6. The molecule has 0 radical (unpaired) electrons. The molecule has 1 aromatic heterocycles. The average Bonchev–Trinajstić information content (AvgIpc) is 2.72. The molecule has 0 bridgehead atoms. The number of nitrogens with zero attached hydrogens (tertiary/aromatic N) is 1. The van der Waals surface area contributed by atoms with Crippen LogP contribution in [0, 0.1) is 0 Å². The van der Waals surface area contributed by atoms with Crippen LogP contribution in [0.5, 0.6) is 0 Å². The Morgan fingerprint density at radius 2 is 2.11 bits per heavy atom. The number of esters is 1. The van der Waals surface area contributed by atoms with Crippen LogP contribution in [0.1, 0.15) is 37.2 Å². The third kappa shape index (κ3) is 3.58. The van der Waals surface area contributed by atoms with Crippen molar-refractivity contribution in [2.75, 3.05) is 6.61 Å². The molecule has 0 spiro atoms. The van der Waals surface area contributed by atoms with Gasteiger partial charge in [0.05, 0.1) is 6.61 Å². The Bertz CT molecular complexity index is 519. The Labute approximate surface area is 107 Å². The van der Waals surface area contributed by atoms with Gasteiger partial charge in [0, 0.05) is 12.7 Å². The zero-order chi connectivity index (χ0) is 13.8. The molecule has 7 heteroatoms. The van der Waals surface area contributed by atoms with Crippen LogP contribution in [0.15, 0.2) is 17.2 Å². The summed E-state index contributed by atoms with van der Waals surface area (Å²) in [6.45, 7) is 4.58. The predicted molar refractivity (Wildman–Crippen MR) is 66.7 cm³/mol. The number of nitrogens with two attached hydrogens (primary N) is 1. The molecule has 0 aliphatic carbocycles. The van der Waals surface area contributed by atoms with Crippen LogP contribution in [0.4, 0.5) is 0 Å². The molecule has 1 aromatic rings. The van der Waals surface area contributed by atoms with E-state index >= 15 is 0 Å². The van der Waals surface area contributed by atoms with Crippen molar-refractivity contribution in [3.8, 4) is 0 Å². The van der Waals surface area contributed by atoms with E-state index in [1.807, 2.05) is 6.92 Å². The van der Waals surface area contributed by atoms with Crippen LogP contribution < -0.4 is 5.14 Å². The van der Waals surface area contributed by atoms with Crippen molar-refractivity contribution >= 4 is 16.0 Å². The quantitative estimate of drug-likeness (QED) is 0.621. The van der Waals surface area contributed by atoms with E-state index in [0.717, 1.165) is 12.8 Å². The molecule has 6 nitrogen and oxygen atoms in total. The first-order valence-electron chi connectivity index (χ1n) is 5.80. The molecule has 18 heavy (non-hydrogen) atoms. The van der Waals surface area contributed by atoms with Gasteiger partial charge in [0.1, 0.15) is 10.6 Å². The Kier molecular flexibility index (Phi) is 4.92. The molecule has 1 heterocycles. The van der Waals surface area contributed by atoms with E-state index in [1.165, 1.54) is 16.8 Å². The lowest BCUT2D eigenvalue weighted by Crippen LogP contribution is -2.11. The van der Waals surface area contributed by atoms with Gasteiger partial charge in [0.15, 0.2) is 0 Å². The molecule has 0 aliphatic heterocycles. The minimum absolute atomic E-state index is 0.0770. The van der Waals surface area contributed by atoms with E-state index in [0.29, 0.717) is 13.2 Å². The number of carbonyl (C=O) groups is 1. The van der Waals surface area contributed by atoms with Gasteiger partial charge >= 0.3 is 5.97 Å². The first-order valence-corrected chi connectivity index (χ1v) is 7.34. The molecule has 1 rings (SSSR count). The minimum Gasteiger partial charge on any atom is -0.461 e. The number of aromatic nitrogens is 1. The van der Waals surface area contributed by atoms with Crippen LogP contribution in [-0.4, -0.2) is 25.6 Å². The van der Waals surface area contributed by atoms with Crippen molar-refractivity contribution in [2.45, 2.75) is 38.1 Å². The summed E-state index contributed by atoms with van der Waals surface area (Å²) < 4.78 is 29.0. The fourth-order valence-electron chi connectivity index (χ4n) is 1.45. The average molecular weight is 274 g/mol. The number of hydrogen-bond acceptors (Lipinski definition) is 4. The maximum atomic E-state index is 11.8. The highest BCUT2D eigenvalue weighted by atomic mass is 32.2. The summed E-state index contributed by atoms with van der Waals surface area (Å²) in [4.78, 5) is 11.7. The van der Waals surface area contributed by atoms with Crippen molar-refractivity contribution in [3.05, 3.63) is 18.0 Å². The van der Waals surface area contributed by atoms with E-state index in [1.54, 1.807) is 6.92 Å². The first-order chi connectivity index (χ1) is 8.40. The van der Waals surface area contributed by atoms with E-state index in [4.69, 9.17) is 9.88 Å². The van der Waals surface area contributed by atoms with E-state index in [2.05, 4.69) is 0 Å². The molecule has 0 atom stereocenters. The molecule has 0 saturated carbocycles. The SMILES string of the molecule is CCCCOC(=O)c1cc(S(N)(=O)=O)cn1CC. The molecule has 0 aliphatic rings. The molecule has 0 saturated heterocycles. The van der Waals surface area contributed by atoms with Crippen LogP contribution in [0.25, 0.3) is 0 Å². The smallest absolute Gasteiger partial charge is 0.354 e. The van der Waals surface area contributed by atoms with Crippen LogP contribution in [-0.2, 0) is 21.3 Å². The normalized spacial score (nSPS) is 11.5. The zero-order valence-electron chi connectivity index (χ0n) is 10.5. The van der Waals surface area contributed by atoms with Crippen LogP contribution >= 0.6 is 0 Å². The molecule has 0 aromatic carbocycles. The maximum Gasteiger partial charge on any atom is 0.354 e. The Hall–Kier alpha value is -1.34.